The first-order chi connectivity index (χ1) is 21.4. The number of nitro benzene ring substituents is 2. The number of aromatic nitrogens is 1. The minimum Gasteiger partial charge on any atom is -0.465 e. The molecule has 13 heteroatoms. The van der Waals surface area contributed by atoms with E-state index < -0.39 is 68.1 Å². The number of ether oxygens (including phenoxy) is 3. The molecule has 0 radical (unpaired) electrons. The summed E-state index contributed by atoms with van der Waals surface area (Å²) in [7, 11) is 0. The van der Waals surface area contributed by atoms with Gasteiger partial charge in [-0.2, -0.15) is 0 Å². The molecular weight excluding hydrogens is 586 g/mol. The molecule has 3 atom stereocenters. The van der Waals surface area contributed by atoms with Crippen LogP contribution in [-0.2, 0) is 28.6 Å². The zero-order valence-corrected chi connectivity index (χ0v) is 24.3. The van der Waals surface area contributed by atoms with Gasteiger partial charge in [0.25, 0.3) is 17.2 Å². The van der Waals surface area contributed by atoms with Gasteiger partial charge in [-0.05, 0) is 18.6 Å². The maximum atomic E-state index is 14.7. The molecule has 1 aliphatic heterocycles. The number of hydrogen-bond acceptors (Lipinski definition) is 10. The zero-order chi connectivity index (χ0) is 32.3. The van der Waals surface area contributed by atoms with Crippen molar-refractivity contribution in [3.8, 4) is 0 Å². The fourth-order valence-corrected chi connectivity index (χ4v) is 6.91. The van der Waals surface area contributed by atoms with Crippen LogP contribution >= 0.6 is 0 Å². The Morgan fingerprint density at radius 1 is 0.867 bits per heavy atom. The molecule has 1 unspecified atom stereocenters. The summed E-state index contributed by atoms with van der Waals surface area (Å²) < 4.78 is 17.0. The number of cyclic esters (lactones) is 2. The molecule has 1 fully saturated rings. The Morgan fingerprint density at radius 3 is 2.00 bits per heavy atom. The highest BCUT2D eigenvalue weighted by Gasteiger charge is 2.72. The molecule has 0 amide bonds. The van der Waals surface area contributed by atoms with Gasteiger partial charge >= 0.3 is 17.9 Å². The second-order valence-electron chi connectivity index (χ2n) is 11.3. The van der Waals surface area contributed by atoms with Crippen LogP contribution in [0.25, 0.3) is 10.9 Å². The molecule has 230 valence electrons. The van der Waals surface area contributed by atoms with Crippen molar-refractivity contribution in [3.63, 3.8) is 0 Å². The molecular formula is C32H27N3O10. The molecule has 1 N–H and O–H groups in total. The second kappa shape index (κ2) is 10.5. The van der Waals surface area contributed by atoms with Gasteiger partial charge in [0.1, 0.15) is 5.92 Å². The summed E-state index contributed by atoms with van der Waals surface area (Å²) >= 11 is 0. The average Bonchev–Trinajstić information content (AvgIpc) is 3.37. The first kappa shape index (κ1) is 29.5. The maximum Gasteiger partial charge on any atom is 0.328 e. The number of nitro groups is 2. The van der Waals surface area contributed by atoms with Crippen molar-refractivity contribution in [2.75, 3.05) is 6.61 Å². The number of carbonyl (C=O) groups excluding carboxylic acids is 3. The molecule has 0 saturated carbocycles. The summed E-state index contributed by atoms with van der Waals surface area (Å²) in [6, 6.07) is 17.9. The van der Waals surface area contributed by atoms with Crippen LogP contribution in [0.1, 0.15) is 60.9 Å². The van der Waals surface area contributed by atoms with Crippen molar-refractivity contribution < 1.29 is 38.4 Å². The third kappa shape index (κ3) is 4.33. The smallest absolute Gasteiger partial charge is 0.328 e. The molecule has 6 rings (SSSR count). The van der Waals surface area contributed by atoms with Gasteiger partial charge in [0, 0.05) is 65.5 Å². The molecule has 2 heterocycles. The predicted octanol–water partition coefficient (Wildman–Crippen LogP) is 5.38. The highest BCUT2D eigenvalue weighted by Crippen LogP contribution is 2.66. The minimum atomic E-state index is -2.57. The molecule has 45 heavy (non-hydrogen) atoms. The van der Waals surface area contributed by atoms with Crippen LogP contribution in [0.15, 0.2) is 72.8 Å². The number of carbonyl (C=O) groups is 3. The summed E-state index contributed by atoms with van der Waals surface area (Å²) in [6.07, 6.45) is 0. The monoisotopic (exact) mass is 613 g/mol. The minimum absolute atomic E-state index is 0.0481. The fourth-order valence-electron chi connectivity index (χ4n) is 6.91. The van der Waals surface area contributed by atoms with E-state index in [-0.39, 0.29) is 29.0 Å². The first-order valence-corrected chi connectivity index (χ1v) is 14.1. The lowest BCUT2D eigenvalue weighted by molar-refractivity contribution is -0.386. The van der Waals surface area contributed by atoms with Gasteiger partial charge in [-0.3, -0.25) is 34.6 Å². The molecule has 1 saturated heterocycles. The summed E-state index contributed by atoms with van der Waals surface area (Å²) in [5.74, 6) is -9.61. The highest BCUT2D eigenvalue weighted by molar-refractivity contribution is 6.08. The summed E-state index contributed by atoms with van der Waals surface area (Å²) in [4.78, 5) is 70.3. The van der Waals surface area contributed by atoms with Gasteiger partial charge in [-0.1, -0.05) is 54.6 Å². The Bertz CT molecular complexity index is 1890. The zero-order valence-electron chi connectivity index (χ0n) is 24.3. The van der Waals surface area contributed by atoms with Crippen LogP contribution in [-0.4, -0.2) is 45.1 Å². The Morgan fingerprint density at radius 2 is 1.40 bits per heavy atom. The van der Waals surface area contributed by atoms with Gasteiger partial charge in [-0.15, -0.1) is 0 Å². The van der Waals surface area contributed by atoms with E-state index in [4.69, 9.17) is 14.2 Å². The quantitative estimate of drug-likeness (QED) is 0.128. The first-order valence-electron chi connectivity index (χ1n) is 14.1. The normalized spacial score (nSPS) is 21.4. The SMILES string of the molecule is CCOC(=O)[C@@H]1c2[nH]c3ccccc3c2C(c2ccccc2[N+](=O)[O-])C2(C(=O)OC(C)(C)OC2=O)[C@H]1c1ccccc1[N+](=O)[O-]. The predicted molar refractivity (Wildman–Crippen MR) is 157 cm³/mol. The Balaban J connectivity index is 1.86. The lowest BCUT2D eigenvalue weighted by Gasteiger charge is -2.51. The molecule has 4 aromatic rings. The van der Waals surface area contributed by atoms with E-state index in [1.165, 1.54) is 62.4 Å². The van der Waals surface area contributed by atoms with Crippen molar-refractivity contribution in [1.29, 1.82) is 0 Å². The lowest BCUT2D eigenvalue weighted by atomic mass is 9.51. The highest BCUT2D eigenvalue weighted by atomic mass is 16.7. The number of rotatable bonds is 6. The molecule has 1 aliphatic carbocycles. The molecule has 3 aromatic carbocycles. The summed E-state index contributed by atoms with van der Waals surface area (Å²) in [5.41, 5.74) is -2.74. The standard InChI is InChI=1S/C32H27N3O10/c1-4-43-28(36)24-26(19-13-7-10-16-22(19)35(41)42)32(29(37)44-31(2,3)45-30(32)38)25(18-12-6-9-15-21(18)34(39)40)23-17-11-5-8-14-20(17)33-27(23)24/h5-16,24-26,33H,4H2,1-3H3/t24-,25?,26-/m0/s1. The van der Waals surface area contributed by atoms with Crippen molar-refractivity contribution >= 4 is 40.2 Å². The van der Waals surface area contributed by atoms with Crippen molar-refractivity contribution in [2.45, 2.75) is 44.3 Å². The topological polar surface area (TPSA) is 181 Å². The van der Waals surface area contributed by atoms with Crippen molar-refractivity contribution in [3.05, 3.63) is 115 Å². The van der Waals surface area contributed by atoms with Gasteiger partial charge in [0.2, 0.25) is 0 Å². The maximum absolute atomic E-state index is 14.7. The number of esters is 3. The number of nitrogens with one attached hydrogen (secondary N) is 1. The third-order valence-corrected chi connectivity index (χ3v) is 8.46. The molecule has 1 spiro atoms. The molecule has 0 bridgehead atoms. The van der Waals surface area contributed by atoms with Crippen LogP contribution in [0.4, 0.5) is 11.4 Å². The van der Waals surface area contributed by atoms with E-state index in [0.717, 1.165) is 0 Å². The number of para-hydroxylation sites is 3. The lowest BCUT2D eigenvalue weighted by Crippen LogP contribution is -2.62. The van der Waals surface area contributed by atoms with Crippen LogP contribution < -0.4 is 0 Å². The fraction of sp³-hybridized carbons (Fsp3) is 0.281. The van der Waals surface area contributed by atoms with E-state index in [2.05, 4.69) is 4.98 Å². The van der Waals surface area contributed by atoms with E-state index in [0.29, 0.717) is 10.9 Å². The van der Waals surface area contributed by atoms with E-state index in [9.17, 15) is 34.6 Å². The van der Waals surface area contributed by atoms with Crippen LogP contribution in [0.2, 0.25) is 0 Å². The number of nitrogens with zero attached hydrogens (tertiary/aromatic N) is 2. The van der Waals surface area contributed by atoms with Crippen LogP contribution in [0.5, 0.6) is 0 Å². The third-order valence-electron chi connectivity index (χ3n) is 8.46. The molecule has 1 aromatic heterocycles. The summed E-state index contributed by atoms with van der Waals surface area (Å²) in [5, 5.41) is 25.4. The Hall–Kier alpha value is -5.59. The van der Waals surface area contributed by atoms with Crippen molar-refractivity contribution in [1.82, 2.24) is 4.98 Å². The largest absolute Gasteiger partial charge is 0.465 e. The van der Waals surface area contributed by atoms with Crippen LogP contribution in [0.3, 0.4) is 0 Å². The van der Waals surface area contributed by atoms with Crippen LogP contribution in [0, 0.1) is 25.6 Å². The number of benzene rings is 3. The second-order valence-corrected chi connectivity index (χ2v) is 11.3. The van der Waals surface area contributed by atoms with Crippen molar-refractivity contribution in [2.24, 2.45) is 5.41 Å². The van der Waals surface area contributed by atoms with E-state index >= 15 is 0 Å². The van der Waals surface area contributed by atoms with Gasteiger partial charge in [-0.25, -0.2) is 0 Å². The summed E-state index contributed by atoms with van der Waals surface area (Å²) in [6.45, 7) is 4.18. The Labute approximate surface area is 255 Å². The average molecular weight is 614 g/mol. The number of hydrogen-bond donors (Lipinski definition) is 1. The van der Waals surface area contributed by atoms with Gasteiger partial charge < -0.3 is 19.2 Å². The van der Waals surface area contributed by atoms with Gasteiger partial charge in [0.05, 0.1) is 16.5 Å². The number of aromatic amines is 1. The number of H-pyrrole nitrogens is 1. The molecule has 13 nitrogen and oxygen atoms in total. The van der Waals surface area contributed by atoms with E-state index in [1.807, 2.05) is 0 Å². The molecule has 2 aliphatic rings. The number of fused-ring (bicyclic) bond motifs is 3. The van der Waals surface area contributed by atoms with Gasteiger partial charge in [0.15, 0.2) is 5.41 Å². The Kier molecular flexibility index (Phi) is 6.91. The van der Waals surface area contributed by atoms with E-state index in [1.54, 1.807) is 31.2 Å².